The fourth-order valence-corrected chi connectivity index (χ4v) is 3.57. The molecule has 5 nitrogen and oxygen atoms in total. The Hall–Kier alpha value is -1.70. The van der Waals surface area contributed by atoms with E-state index in [4.69, 9.17) is 0 Å². The third kappa shape index (κ3) is 3.69. The highest BCUT2D eigenvalue weighted by Gasteiger charge is 2.18. The lowest BCUT2D eigenvalue weighted by Gasteiger charge is -2.10. The van der Waals surface area contributed by atoms with Gasteiger partial charge in [-0.2, -0.15) is 0 Å². The smallest absolute Gasteiger partial charge is 0.266 e. The molecule has 0 saturated heterocycles. The van der Waals surface area contributed by atoms with Crippen molar-refractivity contribution < 1.29 is 13.2 Å². The van der Waals surface area contributed by atoms with Crippen LogP contribution in [0.1, 0.15) is 15.9 Å². The van der Waals surface area contributed by atoms with Crippen LogP contribution in [-0.2, 0) is 10.0 Å². The summed E-state index contributed by atoms with van der Waals surface area (Å²) in [4.78, 5) is 14.1. The van der Waals surface area contributed by atoms with Crippen LogP contribution < -0.4 is 10.3 Å². The van der Waals surface area contributed by atoms with E-state index < -0.39 is 15.9 Å². The third-order valence-electron chi connectivity index (χ3n) is 2.81. The summed E-state index contributed by atoms with van der Waals surface area (Å²) in [6.45, 7) is 1.77. The molecular formula is C14H13BrN2O3S. The molecule has 2 aromatic carbocycles. The Morgan fingerprint density at radius 1 is 1.05 bits per heavy atom. The molecule has 7 heteroatoms. The van der Waals surface area contributed by atoms with Gasteiger partial charge in [-0.25, -0.2) is 8.42 Å². The lowest BCUT2D eigenvalue weighted by Crippen LogP contribution is -2.41. The maximum Gasteiger partial charge on any atom is 0.266 e. The van der Waals surface area contributed by atoms with Crippen molar-refractivity contribution in [1.82, 2.24) is 10.3 Å². The standard InChI is InChI=1S/C14H13BrN2O3S/c1-10-6-2-3-7-11(10)14(18)16-17-21(19,20)13-9-5-4-8-12(13)15/h2-9,17H,1H3,(H,16,18). The molecule has 0 unspecified atom stereocenters. The number of carbonyl (C=O) groups excluding carboxylic acids is 1. The number of amides is 1. The zero-order chi connectivity index (χ0) is 15.5. The zero-order valence-corrected chi connectivity index (χ0v) is 13.5. The highest BCUT2D eigenvalue weighted by Crippen LogP contribution is 2.20. The topological polar surface area (TPSA) is 75.3 Å². The number of aryl methyl sites for hydroxylation is 1. The van der Waals surface area contributed by atoms with E-state index in [0.29, 0.717) is 10.0 Å². The predicted molar refractivity (Wildman–Crippen MR) is 83.1 cm³/mol. The van der Waals surface area contributed by atoms with Crippen molar-refractivity contribution in [2.75, 3.05) is 0 Å². The molecule has 0 aliphatic rings. The Morgan fingerprint density at radius 2 is 1.67 bits per heavy atom. The Morgan fingerprint density at radius 3 is 2.33 bits per heavy atom. The molecule has 0 radical (unpaired) electrons. The second-order valence-electron chi connectivity index (χ2n) is 4.30. The van der Waals surface area contributed by atoms with Gasteiger partial charge in [0.2, 0.25) is 0 Å². The first-order valence-corrected chi connectivity index (χ1v) is 8.32. The fourth-order valence-electron chi connectivity index (χ4n) is 1.73. The molecular weight excluding hydrogens is 356 g/mol. The first-order valence-electron chi connectivity index (χ1n) is 6.04. The quantitative estimate of drug-likeness (QED) is 0.813. The third-order valence-corrected chi connectivity index (χ3v) is 5.07. The van der Waals surface area contributed by atoms with Gasteiger partial charge in [0.25, 0.3) is 15.9 Å². The van der Waals surface area contributed by atoms with Gasteiger partial charge in [-0.05, 0) is 46.6 Å². The number of hydrogen-bond donors (Lipinski definition) is 2. The fraction of sp³-hybridized carbons (Fsp3) is 0.0714. The first-order chi connectivity index (χ1) is 9.92. The van der Waals surface area contributed by atoms with Crippen LogP contribution in [0.5, 0.6) is 0 Å². The molecule has 2 rings (SSSR count). The summed E-state index contributed by atoms with van der Waals surface area (Å²) in [5.41, 5.74) is 3.38. The van der Waals surface area contributed by atoms with Crippen LogP contribution in [0.15, 0.2) is 57.9 Å². The number of hydrazine groups is 1. The number of benzene rings is 2. The SMILES string of the molecule is Cc1ccccc1C(=O)NNS(=O)(=O)c1ccccc1Br. The van der Waals surface area contributed by atoms with Crippen molar-refractivity contribution in [3.05, 3.63) is 64.1 Å². The van der Waals surface area contributed by atoms with Crippen LogP contribution in [0.3, 0.4) is 0 Å². The Kier molecular flexibility index (Phi) is 4.76. The van der Waals surface area contributed by atoms with E-state index in [1.54, 1.807) is 49.4 Å². The minimum absolute atomic E-state index is 0.0510. The second-order valence-corrected chi connectivity index (χ2v) is 6.81. The molecule has 1 amide bonds. The van der Waals surface area contributed by atoms with Crippen LogP contribution in [0.4, 0.5) is 0 Å². The number of hydrogen-bond acceptors (Lipinski definition) is 3. The van der Waals surface area contributed by atoms with E-state index in [1.807, 2.05) is 0 Å². The van der Waals surface area contributed by atoms with Crippen molar-refractivity contribution >= 4 is 31.9 Å². The van der Waals surface area contributed by atoms with E-state index >= 15 is 0 Å². The van der Waals surface area contributed by atoms with E-state index in [1.165, 1.54) is 6.07 Å². The number of sulfonamides is 1. The van der Waals surface area contributed by atoms with E-state index in [0.717, 1.165) is 5.56 Å². The zero-order valence-electron chi connectivity index (χ0n) is 11.1. The van der Waals surface area contributed by atoms with Crippen molar-refractivity contribution in [2.24, 2.45) is 0 Å². The molecule has 0 saturated carbocycles. The average molecular weight is 369 g/mol. The van der Waals surface area contributed by atoms with Crippen LogP contribution in [0.2, 0.25) is 0 Å². The summed E-state index contributed by atoms with van der Waals surface area (Å²) < 4.78 is 24.7. The molecule has 2 N–H and O–H groups in total. The number of carbonyl (C=O) groups is 1. The van der Waals surface area contributed by atoms with Gasteiger partial charge in [0.1, 0.15) is 0 Å². The van der Waals surface area contributed by atoms with Gasteiger partial charge < -0.3 is 0 Å². The lowest BCUT2D eigenvalue weighted by molar-refractivity contribution is 0.0944. The maximum atomic E-state index is 12.1. The van der Waals surface area contributed by atoms with Gasteiger partial charge in [-0.3, -0.25) is 10.2 Å². The normalized spacial score (nSPS) is 11.1. The Bertz CT molecular complexity index is 775. The molecule has 0 aliphatic carbocycles. The van der Waals surface area contributed by atoms with Crippen LogP contribution in [0.25, 0.3) is 0 Å². The molecule has 2 aromatic rings. The van der Waals surface area contributed by atoms with Crippen LogP contribution in [0, 0.1) is 6.92 Å². The van der Waals surface area contributed by atoms with Gasteiger partial charge in [-0.15, -0.1) is 4.83 Å². The maximum absolute atomic E-state index is 12.1. The van der Waals surface area contributed by atoms with Crippen molar-refractivity contribution in [3.63, 3.8) is 0 Å². The molecule has 0 bridgehead atoms. The lowest BCUT2D eigenvalue weighted by atomic mass is 10.1. The number of nitrogens with one attached hydrogen (secondary N) is 2. The van der Waals surface area contributed by atoms with Gasteiger partial charge in [0, 0.05) is 10.0 Å². The van der Waals surface area contributed by atoms with Gasteiger partial charge in [-0.1, -0.05) is 30.3 Å². The summed E-state index contributed by atoms with van der Waals surface area (Å²) in [6, 6.07) is 13.3. The van der Waals surface area contributed by atoms with Gasteiger partial charge in [0.15, 0.2) is 0 Å². The summed E-state index contributed by atoms with van der Waals surface area (Å²) in [7, 11) is -3.84. The minimum atomic E-state index is -3.84. The highest BCUT2D eigenvalue weighted by atomic mass is 79.9. The largest absolute Gasteiger partial charge is 0.273 e. The number of halogens is 1. The van der Waals surface area contributed by atoms with E-state index in [-0.39, 0.29) is 4.90 Å². The van der Waals surface area contributed by atoms with Crippen molar-refractivity contribution in [3.8, 4) is 0 Å². The second kappa shape index (κ2) is 6.38. The molecule has 21 heavy (non-hydrogen) atoms. The monoisotopic (exact) mass is 368 g/mol. The molecule has 0 atom stereocenters. The van der Waals surface area contributed by atoms with E-state index in [9.17, 15) is 13.2 Å². The Labute approximate surface area is 131 Å². The highest BCUT2D eigenvalue weighted by molar-refractivity contribution is 9.10. The molecule has 0 aliphatic heterocycles. The molecule has 0 heterocycles. The van der Waals surface area contributed by atoms with Crippen molar-refractivity contribution in [1.29, 1.82) is 0 Å². The molecule has 0 fully saturated rings. The predicted octanol–water partition coefficient (Wildman–Crippen LogP) is 2.38. The summed E-state index contributed by atoms with van der Waals surface area (Å²) in [5.74, 6) is -0.510. The van der Waals surface area contributed by atoms with Crippen LogP contribution in [-0.4, -0.2) is 14.3 Å². The van der Waals surface area contributed by atoms with Gasteiger partial charge >= 0.3 is 0 Å². The first kappa shape index (κ1) is 15.7. The molecule has 0 spiro atoms. The van der Waals surface area contributed by atoms with E-state index in [2.05, 4.69) is 26.2 Å². The Balaban J connectivity index is 2.15. The number of rotatable bonds is 4. The average Bonchev–Trinajstić information content (AvgIpc) is 2.45. The van der Waals surface area contributed by atoms with Crippen molar-refractivity contribution in [2.45, 2.75) is 11.8 Å². The minimum Gasteiger partial charge on any atom is -0.273 e. The molecule has 0 aromatic heterocycles. The summed E-state index contributed by atoms with van der Waals surface area (Å²) >= 11 is 3.16. The van der Waals surface area contributed by atoms with Gasteiger partial charge in [0.05, 0.1) is 4.90 Å². The summed E-state index contributed by atoms with van der Waals surface area (Å²) in [6.07, 6.45) is 0. The molecule has 110 valence electrons. The summed E-state index contributed by atoms with van der Waals surface area (Å²) in [5, 5.41) is 0. The van der Waals surface area contributed by atoms with Crippen LogP contribution >= 0.6 is 15.9 Å².